The van der Waals surface area contributed by atoms with E-state index >= 15 is 0 Å². The highest BCUT2D eigenvalue weighted by atomic mass is 15.4. The summed E-state index contributed by atoms with van der Waals surface area (Å²) in [5, 5.41) is 0. The first kappa shape index (κ1) is 11.7. The zero-order chi connectivity index (χ0) is 12.1. The first-order valence-electron chi connectivity index (χ1n) is 5.69. The zero-order valence-corrected chi connectivity index (χ0v) is 10.0. The van der Waals surface area contributed by atoms with Gasteiger partial charge < -0.3 is 9.80 Å². The highest BCUT2D eigenvalue weighted by Crippen LogP contribution is 2.12. The first-order valence-corrected chi connectivity index (χ1v) is 5.69. The van der Waals surface area contributed by atoms with E-state index in [0.717, 1.165) is 38.0 Å². The first-order chi connectivity index (χ1) is 8.35. The lowest BCUT2D eigenvalue weighted by Gasteiger charge is -2.36. The Hall–Kier alpha value is -1.82. The summed E-state index contributed by atoms with van der Waals surface area (Å²) in [6.07, 6.45) is 1.82. The van der Waals surface area contributed by atoms with Gasteiger partial charge in [0.05, 0.1) is 0 Å². The van der Waals surface area contributed by atoms with Crippen LogP contribution < -0.4 is 16.2 Å². The van der Waals surface area contributed by atoms with E-state index in [0.29, 0.717) is 0 Å². The molecule has 0 amide bonds. The van der Waals surface area contributed by atoms with E-state index in [1.54, 1.807) is 7.05 Å². The average molecular weight is 234 g/mol. The van der Waals surface area contributed by atoms with Crippen molar-refractivity contribution >= 4 is 11.8 Å². The minimum atomic E-state index is 0.741. The third-order valence-corrected chi connectivity index (χ3v) is 2.89. The number of guanidine groups is 1. The second kappa shape index (κ2) is 5.49. The van der Waals surface area contributed by atoms with Crippen LogP contribution in [0.15, 0.2) is 29.4 Å². The van der Waals surface area contributed by atoms with E-state index in [4.69, 9.17) is 5.84 Å². The predicted octanol–water partition coefficient (Wildman–Crippen LogP) is -0.347. The van der Waals surface area contributed by atoms with Crippen LogP contribution in [0, 0.1) is 0 Å². The van der Waals surface area contributed by atoms with Crippen LogP contribution >= 0.6 is 0 Å². The number of aliphatic imine (C=N–C) groups is 1. The van der Waals surface area contributed by atoms with Crippen LogP contribution in [0.4, 0.5) is 5.82 Å². The number of nitrogens with one attached hydrogen (secondary N) is 1. The fourth-order valence-corrected chi connectivity index (χ4v) is 1.99. The van der Waals surface area contributed by atoms with E-state index in [2.05, 4.69) is 25.2 Å². The van der Waals surface area contributed by atoms with Crippen LogP contribution in [0.2, 0.25) is 0 Å². The van der Waals surface area contributed by atoms with Crippen LogP contribution in [-0.4, -0.2) is 49.1 Å². The normalized spacial score (nSPS) is 17.2. The molecule has 92 valence electrons. The predicted molar refractivity (Wildman–Crippen MR) is 68.7 cm³/mol. The lowest BCUT2D eigenvalue weighted by atomic mass is 10.3. The smallest absolute Gasteiger partial charge is 0.208 e. The van der Waals surface area contributed by atoms with Gasteiger partial charge in [0.2, 0.25) is 5.96 Å². The molecule has 1 aliphatic heterocycles. The van der Waals surface area contributed by atoms with E-state index in [9.17, 15) is 0 Å². The van der Waals surface area contributed by atoms with Crippen molar-refractivity contribution < 1.29 is 0 Å². The van der Waals surface area contributed by atoms with Gasteiger partial charge in [-0.1, -0.05) is 6.07 Å². The van der Waals surface area contributed by atoms with Gasteiger partial charge in [-0.2, -0.15) is 0 Å². The van der Waals surface area contributed by atoms with Crippen LogP contribution in [0.5, 0.6) is 0 Å². The summed E-state index contributed by atoms with van der Waals surface area (Å²) < 4.78 is 0. The van der Waals surface area contributed by atoms with Crippen molar-refractivity contribution in [2.24, 2.45) is 10.8 Å². The molecule has 0 atom stereocenters. The highest BCUT2D eigenvalue weighted by Gasteiger charge is 2.19. The van der Waals surface area contributed by atoms with E-state index in [1.807, 2.05) is 24.4 Å². The number of hydrazine groups is 1. The fraction of sp³-hybridized carbons (Fsp3) is 0.455. The van der Waals surface area contributed by atoms with Gasteiger partial charge in [0.1, 0.15) is 5.82 Å². The summed E-state index contributed by atoms with van der Waals surface area (Å²) in [4.78, 5) is 12.9. The Morgan fingerprint density at radius 3 is 2.65 bits per heavy atom. The van der Waals surface area contributed by atoms with E-state index < -0.39 is 0 Å². The Labute approximate surface area is 101 Å². The van der Waals surface area contributed by atoms with Crippen molar-refractivity contribution in [1.82, 2.24) is 15.3 Å². The number of hydrogen-bond acceptors (Lipinski definition) is 4. The molecule has 0 aliphatic carbocycles. The Morgan fingerprint density at radius 2 is 2.12 bits per heavy atom. The zero-order valence-electron chi connectivity index (χ0n) is 10.0. The minimum Gasteiger partial charge on any atom is -0.353 e. The molecule has 1 fully saturated rings. The van der Waals surface area contributed by atoms with Gasteiger partial charge in [0.25, 0.3) is 0 Å². The number of nitrogens with two attached hydrogens (primary N) is 1. The summed E-state index contributed by atoms with van der Waals surface area (Å²) in [6, 6.07) is 5.97. The average Bonchev–Trinajstić information content (AvgIpc) is 2.42. The summed E-state index contributed by atoms with van der Waals surface area (Å²) >= 11 is 0. The number of piperazine rings is 1. The van der Waals surface area contributed by atoms with Crippen LogP contribution in [0.3, 0.4) is 0 Å². The lowest BCUT2D eigenvalue weighted by Crippen LogP contribution is -2.54. The molecule has 6 nitrogen and oxygen atoms in total. The van der Waals surface area contributed by atoms with Gasteiger partial charge >= 0.3 is 0 Å². The number of aromatic nitrogens is 1. The Kier molecular flexibility index (Phi) is 3.77. The van der Waals surface area contributed by atoms with Crippen LogP contribution in [0.25, 0.3) is 0 Å². The van der Waals surface area contributed by atoms with Crippen molar-refractivity contribution in [2.75, 3.05) is 38.1 Å². The van der Waals surface area contributed by atoms with Crippen molar-refractivity contribution in [3.63, 3.8) is 0 Å². The molecule has 0 radical (unpaired) electrons. The number of anilines is 1. The largest absolute Gasteiger partial charge is 0.353 e. The molecule has 0 aromatic carbocycles. The van der Waals surface area contributed by atoms with Gasteiger partial charge in [-0.05, 0) is 12.1 Å². The molecule has 2 heterocycles. The van der Waals surface area contributed by atoms with Gasteiger partial charge in [-0.3, -0.25) is 10.4 Å². The lowest BCUT2D eigenvalue weighted by molar-refractivity contribution is 0.372. The summed E-state index contributed by atoms with van der Waals surface area (Å²) in [7, 11) is 1.74. The highest BCUT2D eigenvalue weighted by molar-refractivity contribution is 5.79. The molecule has 2 rings (SSSR count). The van der Waals surface area contributed by atoms with Crippen molar-refractivity contribution in [1.29, 1.82) is 0 Å². The molecule has 0 bridgehead atoms. The van der Waals surface area contributed by atoms with Crippen LogP contribution in [-0.2, 0) is 0 Å². The summed E-state index contributed by atoms with van der Waals surface area (Å²) in [5.74, 6) is 7.18. The SMILES string of the molecule is CN=C(NN)N1CCN(c2ccccn2)CC1. The molecule has 6 heteroatoms. The van der Waals surface area contributed by atoms with Gasteiger partial charge in [-0.25, -0.2) is 10.8 Å². The van der Waals surface area contributed by atoms with E-state index in [-0.39, 0.29) is 0 Å². The van der Waals surface area contributed by atoms with Crippen molar-refractivity contribution in [2.45, 2.75) is 0 Å². The number of rotatable bonds is 1. The van der Waals surface area contributed by atoms with Crippen molar-refractivity contribution in [3.8, 4) is 0 Å². The molecule has 0 unspecified atom stereocenters. The standard InChI is InChI=1S/C11H18N6/c1-13-11(15-12)17-8-6-16(7-9-17)10-4-2-3-5-14-10/h2-5H,6-9,12H2,1H3,(H,13,15). The number of hydrogen-bond donors (Lipinski definition) is 2. The quantitative estimate of drug-likeness (QED) is 0.301. The van der Waals surface area contributed by atoms with Crippen LogP contribution in [0.1, 0.15) is 0 Å². The molecule has 0 saturated carbocycles. The maximum Gasteiger partial charge on any atom is 0.208 e. The second-order valence-corrected chi connectivity index (χ2v) is 3.85. The van der Waals surface area contributed by atoms with E-state index in [1.165, 1.54) is 0 Å². The molecule has 1 aromatic heterocycles. The fourth-order valence-electron chi connectivity index (χ4n) is 1.99. The third-order valence-electron chi connectivity index (χ3n) is 2.89. The number of pyridine rings is 1. The summed E-state index contributed by atoms with van der Waals surface area (Å²) in [5.41, 5.74) is 2.62. The topological polar surface area (TPSA) is 69.8 Å². The van der Waals surface area contributed by atoms with Crippen molar-refractivity contribution in [3.05, 3.63) is 24.4 Å². The molecule has 0 spiro atoms. The molecular weight excluding hydrogens is 216 g/mol. The molecule has 1 aliphatic rings. The Bertz CT molecular complexity index is 369. The van der Waals surface area contributed by atoms with Gasteiger partial charge in [0, 0.05) is 39.4 Å². The molecule has 1 aromatic rings. The second-order valence-electron chi connectivity index (χ2n) is 3.85. The monoisotopic (exact) mass is 234 g/mol. The summed E-state index contributed by atoms with van der Waals surface area (Å²) in [6.45, 7) is 3.65. The minimum absolute atomic E-state index is 0.741. The van der Waals surface area contributed by atoms with Gasteiger partial charge in [-0.15, -0.1) is 0 Å². The molecule has 1 saturated heterocycles. The Morgan fingerprint density at radius 1 is 1.35 bits per heavy atom. The molecular formula is C11H18N6. The maximum absolute atomic E-state index is 5.41. The molecule has 17 heavy (non-hydrogen) atoms. The van der Waals surface area contributed by atoms with Gasteiger partial charge in [0.15, 0.2) is 0 Å². The molecule has 3 N–H and O–H groups in total. The number of nitrogens with zero attached hydrogens (tertiary/aromatic N) is 4. The third kappa shape index (κ3) is 2.65. The maximum atomic E-state index is 5.41. The Balaban J connectivity index is 1.95.